The monoisotopic (exact) mass is 288 g/mol. The fourth-order valence-corrected chi connectivity index (χ4v) is 3.79. The third kappa shape index (κ3) is 4.47. The maximum absolute atomic E-state index is 10.8. The van der Waals surface area contributed by atoms with Crippen molar-refractivity contribution in [3.05, 3.63) is 0 Å². The molecule has 0 aliphatic carbocycles. The molecule has 19 heavy (non-hydrogen) atoms. The zero-order valence-corrected chi connectivity index (χ0v) is 13.8. The Morgan fingerprint density at radius 1 is 1.37 bits per heavy atom. The highest BCUT2D eigenvalue weighted by Gasteiger charge is 2.45. The van der Waals surface area contributed by atoms with Crippen LogP contribution in [0.2, 0.25) is 18.1 Å². The molecule has 0 aromatic rings. The minimum atomic E-state index is -1.90. The second-order valence-corrected chi connectivity index (χ2v) is 11.7. The van der Waals surface area contributed by atoms with E-state index in [1.807, 2.05) is 0 Å². The molecule has 0 atom stereocenters. The van der Waals surface area contributed by atoms with Crippen molar-refractivity contribution in [2.75, 3.05) is 19.6 Å². The van der Waals surface area contributed by atoms with Gasteiger partial charge >= 0.3 is 6.09 Å². The van der Waals surface area contributed by atoms with Crippen molar-refractivity contribution in [1.82, 2.24) is 10.6 Å². The topological polar surface area (TPSA) is 70.6 Å². The molecule has 1 rings (SSSR count). The molecule has 1 aliphatic rings. The van der Waals surface area contributed by atoms with Gasteiger partial charge in [0.2, 0.25) is 0 Å². The summed E-state index contributed by atoms with van der Waals surface area (Å²) in [6.07, 6.45) is 0.747. The van der Waals surface area contributed by atoms with E-state index in [2.05, 4.69) is 44.5 Å². The van der Waals surface area contributed by atoms with Crippen LogP contribution < -0.4 is 10.6 Å². The van der Waals surface area contributed by atoms with Crippen LogP contribution in [-0.4, -0.2) is 44.8 Å². The lowest BCUT2D eigenvalue weighted by Gasteiger charge is -2.47. The van der Waals surface area contributed by atoms with Crippen molar-refractivity contribution in [1.29, 1.82) is 0 Å². The number of amides is 1. The van der Waals surface area contributed by atoms with E-state index < -0.39 is 14.4 Å². The Morgan fingerprint density at radius 2 is 1.89 bits per heavy atom. The Hall–Kier alpha value is -0.593. The number of hydrogen-bond acceptors (Lipinski definition) is 3. The normalized spacial score (nSPS) is 20.1. The van der Waals surface area contributed by atoms with E-state index >= 15 is 0 Å². The molecule has 5 nitrogen and oxygen atoms in total. The van der Waals surface area contributed by atoms with E-state index in [1.165, 1.54) is 0 Å². The summed E-state index contributed by atoms with van der Waals surface area (Å²) in [6.45, 7) is 13.2. The molecule has 0 saturated carbocycles. The number of carboxylic acid groups (broad SMARTS) is 1. The molecule has 1 heterocycles. The molecule has 0 spiro atoms. The number of hydrogen-bond donors (Lipinski definition) is 3. The van der Waals surface area contributed by atoms with E-state index in [4.69, 9.17) is 9.53 Å². The number of rotatable bonds is 4. The predicted molar refractivity (Wildman–Crippen MR) is 79.1 cm³/mol. The van der Waals surface area contributed by atoms with Crippen LogP contribution in [0.4, 0.5) is 4.79 Å². The molecule has 112 valence electrons. The van der Waals surface area contributed by atoms with E-state index in [9.17, 15) is 4.79 Å². The van der Waals surface area contributed by atoms with Gasteiger partial charge in [-0.2, -0.15) is 0 Å². The van der Waals surface area contributed by atoms with Crippen LogP contribution in [0.25, 0.3) is 0 Å². The van der Waals surface area contributed by atoms with Gasteiger partial charge in [-0.1, -0.05) is 20.8 Å². The number of nitrogens with one attached hydrogen (secondary N) is 2. The second kappa shape index (κ2) is 5.81. The van der Waals surface area contributed by atoms with Crippen molar-refractivity contribution in [3.8, 4) is 0 Å². The summed E-state index contributed by atoms with van der Waals surface area (Å²) in [5, 5.41) is 14.8. The van der Waals surface area contributed by atoms with Crippen molar-refractivity contribution < 1.29 is 14.3 Å². The molecule has 1 saturated heterocycles. The Morgan fingerprint density at radius 3 is 2.32 bits per heavy atom. The predicted octanol–water partition coefficient (Wildman–Crippen LogP) is 2.40. The molecule has 3 N–H and O–H groups in total. The number of piperidine rings is 1. The zero-order valence-electron chi connectivity index (χ0n) is 12.8. The fourth-order valence-electron chi connectivity index (χ4n) is 2.13. The van der Waals surface area contributed by atoms with Crippen molar-refractivity contribution in [3.63, 3.8) is 0 Å². The molecule has 0 unspecified atom stereocenters. The zero-order chi connectivity index (χ0) is 14.7. The first kappa shape index (κ1) is 16.5. The van der Waals surface area contributed by atoms with Gasteiger partial charge in [-0.05, 0) is 44.1 Å². The molecule has 1 fully saturated rings. The Bertz CT molecular complexity index is 320. The Kier molecular flexibility index (Phi) is 5.03. The highest BCUT2D eigenvalue weighted by molar-refractivity contribution is 6.74. The Labute approximate surface area is 117 Å². The number of carbonyl (C=O) groups is 1. The average molecular weight is 288 g/mol. The summed E-state index contributed by atoms with van der Waals surface area (Å²) in [5.41, 5.74) is -0.341. The quantitative estimate of drug-likeness (QED) is 0.695. The molecule has 0 aromatic carbocycles. The highest BCUT2D eigenvalue weighted by Crippen LogP contribution is 2.40. The summed E-state index contributed by atoms with van der Waals surface area (Å²) >= 11 is 0. The SMILES string of the molecule is CC(C)(C)[Si](C)(C)OC1(CNC(=O)O)CCNCC1. The summed E-state index contributed by atoms with van der Waals surface area (Å²) < 4.78 is 6.55. The van der Waals surface area contributed by atoms with E-state index in [0.29, 0.717) is 6.54 Å². The van der Waals surface area contributed by atoms with Gasteiger partial charge in [-0.3, -0.25) is 0 Å². The first-order chi connectivity index (χ1) is 8.58. The maximum Gasteiger partial charge on any atom is 0.404 e. The molecule has 1 amide bonds. The van der Waals surface area contributed by atoms with Gasteiger partial charge in [0.05, 0.1) is 5.60 Å². The third-order valence-electron chi connectivity index (χ3n) is 4.35. The maximum atomic E-state index is 10.8. The van der Waals surface area contributed by atoms with Crippen LogP contribution in [0, 0.1) is 0 Å². The van der Waals surface area contributed by atoms with Gasteiger partial charge in [-0.25, -0.2) is 4.79 Å². The van der Waals surface area contributed by atoms with Gasteiger partial charge in [0.25, 0.3) is 0 Å². The summed E-state index contributed by atoms with van der Waals surface area (Å²) in [7, 11) is -1.90. The van der Waals surface area contributed by atoms with Gasteiger partial charge in [0, 0.05) is 6.54 Å². The lowest BCUT2D eigenvalue weighted by molar-refractivity contribution is 0.0237. The van der Waals surface area contributed by atoms with E-state index in [1.54, 1.807) is 0 Å². The van der Waals surface area contributed by atoms with Gasteiger partial charge in [-0.15, -0.1) is 0 Å². The van der Waals surface area contributed by atoms with Gasteiger partial charge < -0.3 is 20.2 Å². The molecule has 1 aliphatic heterocycles. The summed E-state index contributed by atoms with van der Waals surface area (Å²) in [6, 6.07) is 0. The molecule has 0 aromatic heterocycles. The van der Waals surface area contributed by atoms with Crippen LogP contribution in [0.1, 0.15) is 33.6 Å². The van der Waals surface area contributed by atoms with Crippen LogP contribution in [0.5, 0.6) is 0 Å². The largest absolute Gasteiger partial charge is 0.465 e. The average Bonchev–Trinajstić information content (AvgIpc) is 2.25. The standard InChI is InChI=1S/C13H28N2O3Si/c1-12(2,3)19(4,5)18-13(10-15-11(16)17)6-8-14-9-7-13/h14-15H,6-10H2,1-5H3,(H,16,17). The first-order valence-electron chi connectivity index (χ1n) is 6.96. The molecule has 6 heteroatoms. The molecule has 0 bridgehead atoms. The third-order valence-corrected chi connectivity index (χ3v) is 8.91. The van der Waals surface area contributed by atoms with Gasteiger partial charge in [0.15, 0.2) is 8.32 Å². The van der Waals surface area contributed by atoms with Crippen LogP contribution in [-0.2, 0) is 4.43 Å². The van der Waals surface area contributed by atoms with Crippen molar-refractivity contribution in [2.45, 2.75) is 57.3 Å². The highest BCUT2D eigenvalue weighted by atomic mass is 28.4. The molecular formula is C13H28N2O3Si. The summed E-state index contributed by atoms with van der Waals surface area (Å²) in [5.74, 6) is 0. The molecular weight excluding hydrogens is 260 g/mol. The summed E-state index contributed by atoms with van der Waals surface area (Å²) in [4.78, 5) is 10.8. The smallest absolute Gasteiger partial charge is 0.404 e. The van der Waals surface area contributed by atoms with Crippen LogP contribution in [0.15, 0.2) is 0 Å². The van der Waals surface area contributed by atoms with Crippen molar-refractivity contribution in [2.24, 2.45) is 0 Å². The van der Waals surface area contributed by atoms with Crippen LogP contribution in [0.3, 0.4) is 0 Å². The second-order valence-electron chi connectivity index (χ2n) is 6.95. The lowest BCUT2D eigenvalue weighted by atomic mass is 9.92. The van der Waals surface area contributed by atoms with E-state index in [-0.39, 0.29) is 10.6 Å². The van der Waals surface area contributed by atoms with E-state index in [0.717, 1.165) is 25.9 Å². The lowest BCUT2D eigenvalue weighted by Crippen LogP contribution is -2.58. The Balaban J connectivity index is 2.82. The molecule has 0 radical (unpaired) electrons. The minimum Gasteiger partial charge on any atom is -0.465 e. The minimum absolute atomic E-state index is 0.133. The van der Waals surface area contributed by atoms with Crippen LogP contribution >= 0.6 is 0 Å². The fraction of sp³-hybridized carbons (Fsp3) is 0.923. The van der Waals surface area contributed by atoms with Crippen molar-refractivity contribution >= 4 is 14.4 Å². The van der Waals surface area contributed by atoms with Gasteiger partial charge in [0.1, 0.15) is 0 Å². The first-order valence-corrected chi connectivity index (χ1v) is 9.87.